The molecule has 0 bridgehead atoms. The van der Waals surface area contributed by atoms with Crippen LogP contribution in [0.4, 0.5) is 0 Å². The zero-order valence-corrected chi connectivity index (χ0v) is 13.3. The third-order valence-corrected chi connectivity index (χ3v) is 6.44. The molecular weight excluding hydrogens is 324 g/mol. The SMILES string of the molecule is CN(CC(=O)N1CCOCC1)S(=O)(=O)c1ccc(Cl)s1. The van der Waals surface area contributed by atoms with E-state index >= 15 is 0 Å². The molecular formula is C11H15ClN2O4S2. The van der Waals surface area contributed by atoms with Gasteiger partial charge in [0.15, 0.2) is 0 Å². The number of hydrogen-bond donors (Lipinski definition) is 0. The lowest BCUT2D eigenvalue weighted by Crippen LogP contribution is -2.46. The molecule has 1 aliphatic heterocycles. The molecule has 1 fully saturated rings. The summed E-state index contributed by atoms with van der Waals surface area (Å²) in [6.45, 7) is 1.79. The number of hydrogen-bond acceptors (Lipinski definition) is 5. The molecule has 112 valence electrons. The molecule has 1 aromatic rings. The molecule has 0 spiro atoms. The Bertz CT molecular complexity index is 581. The minimum atomic E-state index is -3.66. The average Bonchev–Trinajstić information content (AvgIpc) is 2.87. The topological polar surface area (TPSA) is 66.9 Å². The van der Waals surface area contributed by atoms with Gasteiger partial charge in [0.1, 0.15) is 4.21 Å². The van der Waals surface area contributed by atoms with Gasteiger partial charge >= 0.3 is 0 Å². The Balaban J connectivity index is 2.03. The van der Waals surface area contributed by atoms with Crippen LogP contribution in [-0.2, 0) is 19.6 Å². The molecule has 1 saturated heterocycles. The van der Waals surface area contributed by atoms with Gasteiger partial charge in [-0.05, 0) is 12.1 Å². The van der Waals surface area contributed by atoms with Gasteiger partial charge in [-0.25, -0.2) is 8.42 Å². The number of sulfonamides is 1. The van der Waals surface area contributed by atoms with E-state index in [9.17, 15) is 13.2 Å². The molecule has 1 aliphatic rings. The number of nitrogens with zero attached hydrogens (tertiary/aromatic N) is 2. The van der Waals surface area contributed by atoms with Crippen LogP contribution in [0.5, 0.6) is 0 Å². The molecule has 20 heavy (non-hydrogen) atoms. The number of likely N-dealkylation sites (N-methyl/N-ethyl adjacent to an activating group) is 1. The van der Waals surface area contributed by atoms with E-state index in [1.165, 1.54) is 19.2 Å². The number of amides is 1. The van der Waals surface area contributed by atoms with E-state index < -0.39 is 10.0 Å². The number of morpholine rings is 1. The van der Waals surface area contributed by atoms with E-state index in [1.807, 2.05) is 0 Å². The van der Waals surface area contributed by atoms with Crippen LogP contribution in [0.25, 0.3) is 0 Å². The highest BCUT2D eigenvalue weighted by molar-refractivity contribution is 7.91. The molecule has 0 aliphatic carbocycles. The number of ether oxygens (including phenoxy) is 1. The summed E-state index contributed by atoms with van der Waals surface area (Å²) in [6, 6.07) is 2.97. The zero-order chi connectivity index (χ0) is 14.8. The molecule has 0 saturated carbocycles. The Kier molecular flexibility index (Phi) is 5.03. The van der Waals surface area contributed by atoms with Crippen LogP contribution in [-0.4, -0.2) is 63.4 Å². The summed E-state index contributed by atoms with van der Waals surface area (Å²) in [5, 5.41) is 0. The zero-order valence-electron chi connectivity index (χ0n) is 10.9. The first kappa shape index (κ1) is 15.7. The first-order chi connectivity index (χ1) is 9.41. The van der Waals surface area contributed by atoms with Crippen LogP contribution in [0, 0.1) is 0 Å². The Labute approximate surface area is 126 Å². The first-order valence-electron chi connectivity index (χ1n) is 5.98. The van der Waals surface area contributed by atoms with Gasteiger partial charge in [-0.2, -0.15) is 4.31 Å². The second kappa shape index (κ2) is 6.40. The van der Waals surface area contributed by atoms with Crippen molar-refractivity contribution in [2.24, 2.45) is 0 Å². The van der Waals surface area contributed by atoms with Crippen molar-refractivity contribution in [2.75, 3.05) is 39.9 Å². The average molecular weight is 339 g/mol. The van der Waals surface area contributed by atoms with Crippen LogP contribution in [0.3, 0.4) is 0 Å². The number of rotatable bonds is 4. The monoisotopic (exact) mass is 338 g/mol. The predicted octanol–water partition coefficient (Wildman–Crippen LogP) is 0.881. The first-order valence-corrected chi connectivity index (χ1v) is 8.62. The quantitative estimate of drug-likeness (QED) is 0.817. The Morgan fingerprint density at radius 1 is 1.45 bits per heavy atom. The number of carbonyl (C=O) groups is 1. The summed E-state index contributed by atoms with van der Waals surface area (Å²) >= 11 is 6.72. The third-order valence-electron chi connectivity index (χ3n) is 2.93. The lowest BCUT2D eigenvalue weighted by molar-refractivity contribution is -0.135. The summed E-state index contributed by atoms with van der Waals surface area (Å²) in [4.78, 5) is 13.6. The number of halogens is 1. The lowest BCUT2D eigenvalue weighted by atomic mass is 10.4. The number of thiophene rings is 1. The summed E-state index contributed by atoms with van der Waals surface area (Å²) in [7, 11) is -2.27. The van der Waals surface area contributed by atoms with Crippen molar-refractivity contribution >= 4 is 38.9 Å². The minimum absolute atomic E-state index is 0.139. The standard InChI is InChI=1S/C11H15ClN2O4S2/c1-13(8-10(15)14-4-6-18-7-5-14)20(16,17)11-3-2-9(12)19-11/h2-3H,4-8H2,1H3. The minimum Gasteiger partial charge on any atom is -0.378 e. The van der Waals surface area contributed by atoms with Gasteiger partial charge in [-0.3, -0.25) is 4.79 Å². The van der Waals surface area contributed by atoms with Gasteiger partial charge in [-0.1, -0.05) is 11.6 Å². The highest BCUT2D eigenvalue weighted by Crippen LogP contribution is 2.27. The summed E-state index contributed by atoms with van der Waals surface area (Å²) < 4.78 is 31.2. The molecule has 0 N–H and O–H groups in total. The van der Waals surface area contributed by atoms with Gasteiger partial charge in [0.25, 0.3) is 10.0 Å². The van der Waals surface area contributed by atoms with E-state index in [0.717, 1.165) is 15.6 Å². The second-order valence-electron chi connectivity index (χ2n) is 4.31. The Hall–Kier alpha value is -0.670. The molecule has 0 aromatic carbocycles. The normalized spacial score (nSPS) is 16.6. The van der Waals surface area contributed by atoms with Gasteiger partial charge in [-0.15, -0.1) is 11.3 Å². The fourth-order valence-electron chi connectivity index (χ4n) is 1.78. The maximum Gasteiger partial charge on any atom is 0.252 e. The molecule has 0 unspecified atom stereocenters. The molecule has 1 aromatic heterocycles. The smallest absolute Gasteiger partial charge is 0.252 e. The van der Waals surface area contributed by atoms with E-state index in [2.05, 4.69) is 0 Å². The van der Waals surface area contributed by atoms with Gasteiger partial charge in [0, 0.05) is 20.1 Å². The lowest BCUT2D eigenvalue weighted by Gasteiger charge is -2.28. The fraction of sp³-hybridized carbons (Fsp3) is 0.545. The molecule has 0 atom stereocenters. The van der Waals surface area contributed by atoms with Crippen molar-refractivity contribution in [3.8, 4) is 0 Å². The molecule has 1 amide bonds. The van der Waals surface area contributed by atoms with E-state index in [-0.39, 0.29) is 16.7 Å². The van der Waals surface area contributed by atoms with Crippen LogP contribution in [0.15, 0.2) is 16.3 Å². The summed E-state index contributed by atoms with van der Waals surface area (Å²) in [5.41, 5.74) is 0. The highest BCUT2D eigenvalue weighted by atomic mass is 35.5. The van der Waals surface area contributed by atoms with Crippen molar-refractivity contribution in [1.82, 2.24) is 9.21 Å². The summed E-state index contributed by atoms with van der Waals surface area (Å²) in [5.74, 6) is -0.220. The predicted molar refractivity (Wildman–Crippen MR) is 76.5 cm³/mol. The number of carbonyl (C=O) groups excluding carboxylic acids is 1. The van der Waals surface area contributed by atoms with Crippen molar-refractivity contribution in [2.45, 2.75) is 4.21 Å². The van der Waals surface area contributed by atoms with Crippen molar-refractivity contribution in [3.63, 3.8) is 0 Å². The maximum absolute atomic E-state index is 12.2. The second-order valence-corrected chi connectivity index (χ2v) is 8.30. The van der Waals surface area contributed by atoms with Crippen molar-refractivity contribution < 1.29 is 17.9 Å². The van der Waals surface area contributed by atoms with Crippen LogP contribution < -0.4 is 0 Å². The molecule has 2 rings (SSSR count). The van der Waals surface area contributed by atoms with E-state index in [4.69, 9.17) is 16.3 Å². The largest absolute Gasteiger partial charge is 0.378 e. The van der Waals surface area contributed by atoms with E-state index in [1.54, 1.807) is 4.90 Å². The van der Waals surface area contributed by atoms with Crippen LogP contribution in [0.2, 0.25) is 4.34 Å². The highest BCUT2D eigenvalue weighted by Gasteiger charge is 2.27. The Morgan fingerprint density at radius 2 is 2.10 bits per heavy atom. The molecule has 6 nitrogen and oxygen atoms in total. The van der Waals surface area contributed by atoms with E-state index in [0.29, 0.717) is 30.6 Å². The van der Waals surface area contributed by atoms with Crippen molar-refractivity contribution in [1.29, 1.82) is 0 Å². The third kappa shape index (κ3) is 3.50. The van der Waals surface area contributed by atoms with Crippen LogP contribution >= 0.6 is 22.9 Å². The molecule has 9 heteroatoms. The van der Waals surface area contributed by atoms with Gasteiger partial charge in [0.2, 0.25) is 5.91 Å². The fourth-order valence-corrected chi connectivity index (χ4v) is 4.59. The van der Waals surface area contributed by atoms with Crippen molar-refractivity contribution in [3.05, 3.63) is 16.5 Å². The van der Waals surface area contributed by atoms with Gasteiger partial charge < -0.3 is 9.64 Å². The Morgan fingerprint density at radius 3 is 2.65 bits per heavy atom. The van der Waals surface area contributed by atoms with Gasteiger partial charge in [0.05, 0.1) is 24.1 Å². The van der Waals surface area contributed by atoms with Crippen LogP contribution in [0.1, 0.15) is 0 Å². The summed E-state index contributed by atoms with van der Waals surface area (Å²) in [6.07, 6.45) is 0. The molecule has 0 radical (unpaired) electrons. The molecule has 2 heterocycles. The maximum atomic E-state index is 12.2.